The second-order valence-corrected chi connectivity index (χ2v) is 6.21. The fourth-order valence-corrected chi connectivity index (χ4v) is 3.05. The van der Waals surface area contributed by atoms with Crippen molar-refractivity contribution in [1.82, 2.24) is 0 Å². The number of carbonyl (C=O) groups excluding carboxylic acids is 1. The summed E-state index contributed by atoms with van der Waals surface area (Å²) in [6.07, 6.45) is 5.70. The lowest BCUT2D eigenvalue weighted by molar-refractivity contribution is 0.0698. The number of hydrogen-bond donors (Lipinski definition) is 2. The Morgan fingerprint density at radius 2 is 1.72 bits per heavy atom. The van der Waals surface area contributed by atoms with Gasteiger partial charge in [0.15, 0.2) is 0 Å². The molecular formula is C20H21NO4. The minimum Gasteiger partial charge on any atom is -0.490 e. The summed E-state index contributed by atoms with van der Waals surface area (Å²) in [6.45, 7) is 0. The molecule has 130 valence electrons. The molecule has 2 aromatic carbocycles. The number of aromatic carboxylic acids is 1. The molecule has 1 aliphatic carbocycles. The quantitative estimate of drug-likeness (QED) is 0.849. The molecule has 2 aromatic rings. The van der Waals surface area contributed by atoms with Crippen LogP contribution >= 0.6 is 0 Å². The summed E-state index contributed by atoms with van der Waals surface area (Å²) in [5, 5.41) is 12.1. The number of anilines is 1. The molecule has 0 unspecified atom stereocenters. The summed E-state index contributed by atoms with van der Waals surface area (Å²) in [5.41, 5.74) is 0.757. The van der Waals surface area contributed by atoms with Crippen LogP contribution in [0, 0.1) is 0 Å². The molecule has 1 aliphatic rings. The summed E-state index contributed by atoms with van der Waals surface area (Å²) >= 11 is 0. The number of hydrogen-bond acceptors (Lipinski definition) is 3. The van der Waals surface area contributed by atoms with Crippen LogP contribution in [-0.4, -0.2) is 23.1 Å². The largest absolute Gasteiger partial charge is 0.490 e. The first-order chi connectivity index (χ1) is 12.1. The van der Waals surface area contributed by atoms with Crippen molar-refractivity contribution in [2.75, 3.05) is 5.32 Å². The van der Waals surface area contributed by atoms with Gasteiger partial charge >= 0.3 is 5.97 Å². The standard InChI is InChI=1S/C20H21NO4/c22-19(14-7-3-1-4-8-14)21-18-13-16(11-12-17(18)20(23)24)25-15-9-5-2-6-10-15/h1,3-4,7-8,11-13,15H,2,5-6,9-10H2,(H,21,22)(H,23,24). The second-order valence-electron chi connectivity index (χ2n) is 6.21. The van der Waals surface area contributed by atoms with Crippen molar-refractivity contribution < 1.29 is 19.4 Å². The lowest BCUT2D eigenvalue weighted by Crippen LogP contribution is -2.20. The van der Waals surface area contributed by atoms with E-state index in [0.717, 1.165) is 25.7 Å². The number of amides is 1. The Morgan fingerprint density at radius 1 is 1.00 bits per heavy atom. The first-order valence-electron chi connectivity index (χ1n) is 8.54. The van der Waals surface area contributed by atoms with Crippen molar-refractivity contribution in [2.24, 2.45) is 0 Å². The van der Waals surface area contributed by atoms with Crippen LogP contribution in [0.4, 0.5) is 5.69 Å². The average Bonchev–Trinajstić information content (AvgIpc) is 2.63. The van der Waals surface area contributed by atoms with E-state index in [2.05, 4.69) is 5.32 Å². The number of rotatable bonds is 5. The number of benzene rings is 2. The molecule has 1 amide bonds. The van der Waals surface area contributed by atoms with Gasteiger partial charge in [-0.05, 0) is 49.9 Å². The molecule has 5 nitrogen and oxygen atoms in total. The molecule has 0 bridgehead atoms. The third-order valence-electron chi connectivity index (χ3n) is 4.36. The SMILES string of the molecule is O=C(Nc1cc(OC2CCCCC2)ccc1C(=O)O)c1ccccc1. The zero-order valence-corrected chi connectivity index (χ0v) is 13.9. The van der Waals surface area contributed by atoms with Gasteiger partial charge in [0, 0.05) is 11.6 Å². The topological polar surface area (TPSA) is 75.6 Å². The van der Waals surface area contributed by atoms with E-state index in [0.29, 0.717) is 11.3 Å². The third-order valence-corrected chi connectivity index (χ3v) is 4.36. The van der Waals surface area contributed by atoms with Crippen molar-refractivity contribution in [3.63, 3.8) is 0 Å². The summed E-state index contributed by atoms with van der Waals surface area (Å²) in [7, 11) is 0. The second kappa shape index (κ2) is 7.83. The van der Waals surface area contributed by atoms with Crippen LogP contribution in [0.5, 0.6) is 5.75 Å². The van der Waals surface area contributed by atoms with Gasteiger partial charge in [-0.1, -0.05) is 24.6 Å². The maximum absolute atomic E-state index is 12.3. The summed E-state index contributed by atoms with van der Waals surface area (Å²) in [5.74, 6) is -0.856. The van der Waals surface area contributed by atoms with Gasteiger partial charge in [0.1, 0.15) is 5.75 Å². The number of carboxylic acids is 1. The van der Waals surface area contributed by atoms with Crippen LogP contribution < -0.4 is 10.1 Å². The fourth-order valence-electron chi connectivity index (χ4n) is 3.05. The summed E-state index contributed by atoms with van der Waals surface area (Å²) < 4.78 is 5.97. The van der Waals surface area contributed by atoms with Gasteiger partial charge < -0.3 is 15.2 Å². The van der Waals surface area contributed by atoms with Gasteiger partial charge in [-0.3, -0.25) is 4.79 Å². The molecule has 0 saturated heterocycles. The zero-order valence-electron chi connectivity index (χ0n) is 13.9. The van der Waals surface area contributed by atoms with Crippen molar-refractivity contribution >= 4 is 17.6 Å². The normalized spacial score (nSPS) is 14.7. The maximum Gasteiger partial charge on any atom is 0.337 e. The Labute approximate surface area is 146 Å². The minimum absolute atomic E-state index is 0.0419. The predicted molar refractivity (Wildman–Crippen MR) is 95.3 cm³/mol. The molecule has 0 atom stereocenters. The fraction of sp³-hybridized carbons (Fsp3) is 0.300. The van der Waals surface area contributed by atoms with Crippen molar-refractivity contribution in [1.29, 1.82) is 0 Å². The highest BCUT2D eigenvalue weighted by Crippen LogP contribution is 2.27. The van der Waals surface area contributed by atoms with Crippen LogP contribution in [0.1, 0.15) is 52.8 Å². The van der Waals surface area contributed by atoms with Crippen LogP contribution in [-0.2, 0) is 0 Å². The molecule has 0 spiro atoms. The maximum atomic E-state index is 12.3. The van der Waals surface area contributed by atoms with Gasteiger partial charge in [-0.15, -0.1) is 0 Å². The lowest BCUT2D eigenvalue weighted by Gasteiger charge is -2.23. The Bertz CT molecular complexity index is 752. The number of carboxylic acid groups (broad SMARTS) is 1. The Balaban J connectivity index is 1.80. The van der Waals surface area contributed by atoms with Gasteiger partial charge in [0.25, 0.3) is 5.91 Å². The number of carbonyl (C=O) groups is 2. The first kappa shape index (κ1) is 17.0. The third kappa shape index (κ3) is 4.38. The van der Waals surface area contributed by atoms with Crippen LogP contribution in [0.2, 0.25) is 0 Å². The smallest absolute Gasteiger partial charge is 0.337 e. The highest BCUT2D eigenvalue weighted by atomic mass is 16.5. The van der Waals surface area contributed by atoms with E-state index in [9.17, 15) is 14.7 Å². The first-order valence-corrected chi connectivity index (χ1v) is 8.54. The van der Waals surface area contributed by atoms with Crippen molar-refractivity contribution in [3.05, 3.63) is 59.7 Å². The van der Waals surface area contributed by atoms with Crippen LogP contribution in [0.15, 0.2) is 48.5 Å². The molecule has 1 fully saturated rings. The number of ether oxygens (including phenoxy) is 1. The molecule has 2 N–H and O–H groups in total. The molecule has 3 rings (SSSR count). The molecule has 0 aromatic heterocycles. The lowest BCUT2D eigenvalue weighted by atomic mass is 9.98. The molecule has 0 radical (unpaired) electrons. The molecular weight excluding hydrogens is 318 g/mol. The van der Waals surface area contributed by atoms with E-state index in [-0.39, 0.29) is 23.3 Å². The Morgan fingerprint density at radius 3 is 2.40 bits per heavy atom. The summed E-state index contributed by atoms with van der Waals surface area (Å²) in [6, 6.07) is 13.4. The van der Waals surface area contributed by atoms with Crippen molar-refractivity contribution in [2.45, 2.75) is 38.2 Å². The molecule has 25 heavy (non-hydrogen) atoms. The van der Waals surface area contributed by atoms with E-state index < -0.39 is 5.97 Å². The van der Waals surface area contributed by atoms with Gasteiger partial charge in [-0.2, -0.15) is 0 Å². The molecule has 5 heteroatoms. The molecule has 0 aliphatic heterocycles. The minimum atomic E-state index is -1.09. The van der Waals surface area contributed by atoms with Crippen molar-refractivity contribution in [3.8, 4) is 5.75 Å². The Hall–Kier alpha value is -2.82. The van der Waals surface area contributed by atoms with E-state index in [1.165, 1.54) is 12.5 Å². The number of nitrogens with one attached hydrogen (secondary N) is 1. The van der Waals surface area contributed by atoms with Gasteiger partial charge in [-0.25, -0.2) is 4.79 Å². The van der Waals surface area contributed by atoms with Gasteiger partial charge in [0.2, 0.25) is 0 Å². The monoisotopic (exact) mass is 339 g/mol. The van der Waals surface area contributed by atoms with E-state index in [1.54, 1.807) is 36.4 Å². The Kier molecular flexibility index (Phi) is 5.33. The van der Waals surface area contributed by atoms with E-state index in [4.69, 9.17) is 4.74 Å². The highest BCUT2D eigenvalue weighted by molar-refractivity contribution is 6.07. The predicted octanol–water partition coefficient (Wildman–Crippen LogP) is 4.35. The summed E-state index contributed by atoms with van der Waals surface area (Å²) in [4.78, 5) is 23.8. The molecule has 1 saturated carbocycles. The zero-order chi connectivity index (χ0) is 17.6. The van der Waals surface area contributed by atoms with Gasteiger partial charge in [0.05, 0.1) is 17.4 Å². The van der Waals surface area contributed by atoms with Crippen LogP contribution in [0.3, 0.4) is 0 Å². The van der Waals surface area contributed by atoms with Crippen LogP contribution in [0.25, 0.3) is 0 Å². The molecule has 0 heterocycles. The van der Waals surface area contributed by atoms with E-state index >= 15 is 0 Å². The van der Waals surface area contributed by atoms with E-state index in [1.807, 2.05) is 6.07 Å². The highest BCUT2D eigenvalue weighted by Gasteiger charge is 2.18. The average molecular weight is 339 g/mol.